The second kappa shape index (κ2) is 4.03. The Kier molecular flexibility index (Phi) is 2.52. The molecule has 5 rings (SSSR count). The van der Waals surface area contributed by atoms with E-state index in [0.29, 0.717) is 6.42 Å². The number of carboxylic acids is 1. The van der Waals surface area contributed by atoms with E-state index in [-0.39, 0.29) is 11.3 Å². The highest BCUT2D eigenvalue weighted by Gasteiger charge is 2.83. The molecule has 5 aliphatic rings. The van der Waals surface area contributed by atoms with Crippen LogP contribution < -0.4 is 0 Å². The first-order chi connectivity index (χ1) is 11.6. The molecule has 0 amide bonds. The number of rotatable bonds is 1. The van der Waals surface area contributed by atoms with Gasteiger partial charge in [-0.2, -0.15) is 0 Å². The average Bonchev–Trinajstić information content (AvgIpc) is 2.95. The average molecular weight is 344 g/mol. The van der Waals surface area contributed by atoms with E-state index in [1.807, 2.05) is 6.08 Å². The number of hydrogen-bond donors (Lipinski definition) is 2. The number of esters is 1. The first kappa shape index (κ1) is 15.6. The van der Waals surface area contributed by atoms with Crippen LogP contribution in [0.15, 0.2) is 24.3 Å². The molecule has 1 aliphatic heterocycles. The van der Waals surface area contributed by atoms with Crippen LogP contribution in [0.25, 0.3) is 0 Å². The van der Waals surface area contributed by atoms with E-state index in [1.54, 1.807) is 13.0 Å². The zero-order valence-corrected chi connectivity index (χ0v) is 14.6. The summed E-state index contributed by atoms with van der Waals surface area (Å²) in [6.45, 7) is 8.15. The van der Waals surface area contributed by atoms with Gasteiger partial charge in [-0.3, -0.25) is 9.59 Å². The van der Waals surface area contributed by atoms with Crippen LogP contribution in [0.3, 0.4) is 0 Å². The quantitative estimate of drug-likeness (QED) is 0.563. The molecule has 4 unspecified atom stereocenters. The van der Waals surface area contributed by atoms with Crippen molar-refractivity contribution in [3.8, 4) is 0 Å². The summed E-state index contributed by atoms with van der Waals surface area (Å²) in [6.07, 6.45) is 5.71. The second-order valence-corrected chi connectivity index (χ2v) is 9.47. The lowest BCUT2D eigenvalue weighted by Gasteiger charge is -2.45. The third-order valence-corrected chi connectivity index (χ3v) is 8.55. The van der Waals surface area contributed by atoms with Gasteiger partial charge in [0.15, 0.2) is 0 Å². The summed E-state index contributed by atoms with van der Waals surface area (Å²) in [5, 5.41) is 20.8. The second-order valence-electron chi connectivity index (χ2n) is 9.47. The van der Waals surface area contributed by atoms with Gasteiger partial charge in [0.1, 0.15) is 11.0 Å². The van der Waals surface area contributed by atoms with E-state index < -0.39 is 46.3 Å². The van der Waals surface area contributed by atoms with E-state index in [1.165, 1.54) is 0 Å². The van der Waals surface area contributed by atoms with E-state index >= 15 is 0 Å². The molecule has 4 bridgehead atoms. The van der Waals surface area contributed by atoms with Crippen LogP contribution in [0.2, 0.25) is 0 Å². The smallest absolute Gasteiger partial charge is 0.316 e. The summed E-state index contributed by atoms with van der Waals surface area (Å²) >= 11 is 0. The Labute approximate surface area is 146 Å². The molecule has 0 aromatic carbocycles. The molecule has 3 saturated carbocycles. The minimum atomic E-state index is -1.19. The third kappa shape index (κ3) is 1.37. The number of allylic oxidation sites excluding steroid dienone is 1. The summed E-state index contributed by atoms with van der Waals surface area (Å²) in [5.74, 6) is -2.58. The maximum atomic E-state index is 12.7. The lowest BCUT2D eigenvalue weighted by molar-refractivity contribution is -0.162. The van der Waals surface area contributed by atoms with E-state index in [0.717, 1.165) is 24.8 Å². The van der Waals surface area contributed by atoms with Crippen molar-refractivity contribution >= 4 is 11.9 Å². The number of carbonyl (C=O) groups is 2. The van der Waals surface area contributed by atoms with Crippen LogP contribution >= 0.6 is 0 Å². The molecule has 8 atom stereocenters. The molecular formula is C20H24O5. The van der Waals surface area contributed by atoms with E-state index in [9.17, 15) is 19.8 Å². The molecule has 1 heterocycles. The van der Waals surface area contributed by atoms with E-state index in [2.05, 4.69) is 13.5 Å². The highest BCUT2D eigenvalue weighted by molar-refractivity contribution is 5.86. The van der Waals surface area contributed by atoms with Gasteiger partial charge in [0.2, 0.25) is 0 Å². The summed E-state index contributed by atoms with van der Waals surface area (Å²) in [4.78, 5) is 25.2. The monoisotopic (exact) mass is 344 g/mol. The molecule has 1 saturated heterocycles. The Morgan fingerprint density at radius 1 is 1.40 bits per heavy atom. The standard InChI is InChI=1S/C20H24O5/c1-10-8-19-9-17(10,2)6-4-11(19)20-7-5-12(21)18(3,16(24)25-20)14(20)13(19)15(22)23/h5,7,11-14,21H,1,4,6,8-9H2,2-3H3,(H,22,23)/t11?,12-,13+,14?,17+,18-,19?,20?/m0/s1. The van der Waals surface area contributed by atoms with Crippen LogP contribution in [0.5, 0.6) is 0 Å². The number of carbonyl (C=O) groups excluding carboxylic acids is 1. The van der Waals surface area contributed by atoms with Gasteiger partial charge in [0, 0.05) is 11.8 Å². The summed E-state index contributed by atoms with van der Waals surface area (Å²) in [6, 6.07) is 0. The van der Waals surface area contributed by atoms with Crippen molar-refractivity contribution in [2.24, 2.45) is 34.0 Å². The Hall–Kier alpha value is -1.62. The van der Waals surface area contributed by atoms with Gasteiger partial charge >= 0.3 is 11.9 Å². The highest BCUT2D eigenvalue weighted by Crippen LogP contribution is 2.78. The van der Waals surface area contributed by atoms with Crippen molar-refractivity contribution in [1.29, 1.82) is 0 Å². The molecule has 4 aliphatic carbocycles. The number of aliphatic carboxylic acids is 1. The molecule has 5 nitrogen and oxygen atoms in total. The van der Waals surface area contributed by atoms with Gasteiger partial charge in [-0.05, 0) is 49.5 Å². The van der Waals surface area contributed by atoms with Crippen LogP contribution in [0.1, 0.15) is 39.5 Å². The largest absolute Gasteiger partial charge is 0.481 e. The molecule has 0 aromatic rings. The zero-order chi connectivity index (χ0) is 18.0. The third-order valence-electron chi connectivity index (χ3n) is 8.55. The van der Waals surface area contributed by atoms with E-state index in [4.69, 9.17) is 4.74 Å². The molecule has 0 aromatic heterocycles. The molecule has 2 N–H and O–H groups in total. The lowest BCUT2D eigenvalue weighted by atomic mass is 9.60. The van der Waals surface area contributed by atoms with Gasteiger partial charge in [0.05, 0.1) is 12.0 Å². The van der Waals surface area contributed by atoms with Gasteiger partial charge in [0.25, 0.3) is 0 Å². The Morgan fingerprint density at radius 3 is 2.80 bits per heavy atom. The van der Waals surface area contributed by atoms with Crippen molar-refractivity contribution < 1.29 is 24.5 Å². The molecule has 5 heteroatoms. The van der Waals surface area contributed by atoms with Crippen LogP contribution in [0, 0.1) is 34.0 Å². The number of hydrogen-bond acceptors (Lipinski definition) is 4. The molecule has 134 valence electrons. The summed E-state index contributed by atoms with van der Waals surface area (Å²) in [7, 11) is 0. The normalized spacial score (nSPS) is 58.0. The lowest BCUT2D eigenvalue weighted by Crippen LogP contribution is -2.50. The fourth-order valence-corrected chi connectivity index (χ4v) is 7.44. The molecular weight excluding hydrogens is 320 g/mol. The minimum Gasteiger partial charge on any atom is -0.481 e. The van der Waals surface area contributed by atoms with Crippen molar-refractivity contribution in [1.82, 2.24) is 0 Å². The molecule has 4 fully saturated rings. The van der Waals surface area contributed by atoms with Crippen LogP contribution in [0.4, 0.5) is 0 Å². The first-order valence-corrected chi connectivity index (χ1v) is 9.14. The predicted molar refractivity (Wildman–Crippen MR) is 88.3 cm³/mol. The van der Waals surface area contributed by atoms with Crippen molar-refractivity contribution in [3.63, 3.8) is 0 Å². The summed E-state index contributed by atoms with van der Waals surface area (Å²) in [5.41, 5.74) is -1.41. The number of ether oxygens (including phenoxy) is 1. The Morgan fingerprint density at radius 2 is 2.12 bits per heavy atom. The van der Waals surface area contributed by atoms with Crippen molar-refractivity contribution in [2.45, 2.75) is 51.2 Å². The van der Waals surface area contributed by atoms with Crippen LogP contribution in [-0.4, -0.2) is 33.9 Å². The maximum absolute atomic E-state index is 12.7. The Bertz CT molecular complexity index is 770. The van der Waals surface area contributed by atoms with Gasteiger partial charge in [-0.25, -0.2) is 0 Å². The number of carboxylic acid groups (broad SMARTS) is 1. The van der Waals surface area contributed by atoms with Crippen molar-refractivity contribution in [3.05, 3.63) is 24.3 Å². The molecule has 0 radical (unpaired) electrons. The van der Waals surface area contributed by atoms with Gasteiger partial charge in [-0.15, -0.1) is 0 Å². The van der Waals surface area contributed by atoms with Crippen LogP contribution in [-0.2, 0) is 14.3 Å². The highest BCUT2D eigenvalue weighted by atomic mass is 16.6. The first-order valence-electron chi connectivity index (χ1n) is 9.14. The predicted octanol–water partition coefficient (Wildman–Crippen LogP) is 2.30. The SMILES string of the molecule is C=C1CC23C[C@@]1(C)CCC2C12C=C[C@H](O)[C@](C)(C(=O)O1)C2[C@@H]3C(=O)O. The maximum Gasteiger partial charge on any atom is 0.316 e. The van der Waals surface area contributed by atoms with Crippen molar-refractivity contribution in [2.75, 3.05) is 0 Å². The number of aliphatic hydroxyl groups excluding tert-OH is 1. The zero-order valence-electron chi connectivity index (χ0n) is 14.6. The fraction of sp³-hybridized carbons (Fsp3) is 0.700. The molecule has 1 spiro atoms. The number of fused-ring (bicyclic) bond motifs is 1. The number of aliphatic hydroxyl groups is 1. The van der Waals surface area contributed by atoms with Gasteiger partial charge in [-0.1, -0.05) is 25.2 Å². The Balaban J connectivity index is 1.78. The van der Waals surface area contributed by atoms with Gasteiger partial charge < -0.3 is 14.9 Å². The minimum absolute atomic E-state index is 0.0204. The topological polar surface area (TPSA) is 83.8 Å². The summed E-state index contributed by atoms with van der Waals surface area (Å²) < 4.78 is 5.95. The molecule has 25 heavy (non-hydrogen) atoms. The fourth-order valence-electron chi connectivity index (χ4n) is 7.44.